The highest BCUT2D eigenvalue weighted by molar-refractivity contribution is 7.80. The molecule has 0 bridgehead atoms. The van der Waals surface area contributed by atoms with Crippen LogP contribution in [0.3, 0.4) is 0 Å². The zero-order valence-electron chi connectivity index (χ0n) is 20.2. The summed E-state index contributed by atoms with van der Waals surface area (Å²) in [6.07, 6.45) is 17.4. The van der Waals surface area contributed by atoms with Crippen LogP contribution < -0.4 is 4.90 Å². The first kappa shape index (κ1) is 32.4. The van der Waals surface area contributed by atoms with Crippen molar-refractivity contribution in [3.8, 4) is 0 Å². The van der Waals surface area contributed by atoms with Gasteiger partial charge in [0.1, 0.15) is 6.54 Å². The van der Waals surface area contributed by atoms with Crippen LogP contribution in [0.25, 0.3) is 0 Å². The Hall–Kier alpha value is -0.740. The minimum absolute atomic E-state index is 0.104. The molecule has 0 heterocycles. The molecule has 0 saturated carbocycles. The van der Waals surface area contributed by atoms with Crippen LogP contribution in [0, 0.1) is 0 Å². The summed E-state index contributed by atoms with van der Waals surface area (Å²) in [6, 6.07) is 0. The molecule has 0 amide bonds. The fourth-order valence-corrected chi connectivity index (χ4v) is 3.02. The average molecular weight is 470 g/mol. The maximum absolute atomic E-state index is 11.8. The topological polar surface area (TPSA) is 117 Å². The molecule has 9 heteroatoms. The molecule has 0 rings (SSSR count). The lowest BCUT2D eigenvalue weighted by Gasteiger charge is -2.20. The minimum atomic E-state index is -4.41. The smallest absolute Gasteiger partial charge is 0.310 e. The Balaban J connectivity index is 0. The van der Waals surface area contributed by atoms with Gasteiger partial charge < -0.3 is 19.3 Å². The molecule has 2 atom stereocenters. The molecule has 0 aliphatic heterocycles. The van der Waals surface area contributed by atoms with Gasteiger partial charge in [-0.25, -0.2) is 8.42 Å². The molecule has 0 saturated heterocycles. The third-order valence-corrected chi connectivity index (χ3v) is 5.61. The van der Waals surface area contributed by atoms with E-state index in [2.05, 4.69) is 11.1 Å². The summed E-state index contributed by atoms with van der Waals surface area (Å²) in [4.78, 5) is 12.8. The predicted molar refractivity (Wildman–Crippen MR) is 121 cm³/mol. The van der Waals surface area contributed by atoms with Gasteiger partial charge in [0.25, 0.3) is 0 Å². The third kappa shape index (κ3) is 27.2. The zero-order chi connectivity index (χ0) is 24.0. The van der Waals surface area contributed by atoms with E-state index in [1.54, 1.807) is 0 Å². The minimum Gasteiger partial charge on any atom is -0.726 e. The molecule has 0 radical (unpaired) electrons. The molecule has 31 heavy (non-hydrogen) atoms. The van der Waals surface area contributed by atoms with Gasteiger partial charge in [0.15, 0.2) is 0 Å². The lowest BCUT2D eigenvalue weighted by atomic mass is 10.0. The van der Waals surface area contributed by atoms with E-state index < -0.39 is 10.4 Å². The van der Waals surface area contributed by atoms with Crippen LogP contribution in [-0.2, 0) is 24.1 Å². The standard InChI is InChI=1S/C21H43NO3.CH4O4S/c1-4-5-6-7-8-9-10-11-12-13-14-15-16-17-21(24)25-20(2)22(3)18-19-23;1-5-6(2,3)4/h20,23H,4-19H2,1-3H3;1H3,(H,2,3,4). The van der Waals surface area contributed by atoms with Crippen molar-refractivity contribution in [2.45, 2.75) is 110 Å². The highest BCUT2D eigenvalue weighted by Gasteiger charge is 2.16. The maximum Gasteiger partial charge on any atom is 0.310 e. The molecule has 0 fully saturated rings. The van der Waals surface area contributed by atoms with Crippen LogP contribution >= 0.6 is 0 Å². The molecule has 2 N–H and O–H groups in total. The van der Waals surface area contributed by atoms with Gasteiger partial charge in [-0.1, -0.05) is 84.0 Å². The van der Waals surface area contributed by atoms with Crippen molar-refractivity contribution >= 4 is 16.4 Å². The first-order chi connectivity index (χ1) is 14.7. The first-order valence-electron chi connectivity index (χ1n) is 11.8. The number of hydrogen-bond acceptors (Lipinski definition) is 7. The summed E-state index contributed by atoms with van der Waals surface area (Å²) < 4.78 is 36.4. The second-order valence-corrected chi connectivity index (χ2v) is 9.17. The predicted octanol–water partition coefficient (Wildman–Crippen LogP) is 2.96. The van der Waals surface area contributed by atoms with Gasteiger partial charge in [0.05, 0.1) is 20.8 Å². The monoisotopic (exact) mass is 469 g/mol. The van der Waals surface area contributed by atoms with Gasteiger partial charge in [-0.05, 0) is 6.42 Å². The number of carbonyl (C=O) groups is 1. The lowest BCUT2D eigenvalue weighted by molar-refractivity contribution is -0.925. The number of nitrogens with one attached hydrogen (secondary N) is 1. The van der Waals surface area contributed by atoms with E-state index in [-0.39, 0.29) is 18.8 Å². The molecule has 2 unspecified atom stereocenters. The Morgan fingerprint density at radius 1 is 0.935 bits per heavy atom. The Bertz CT molecular complexity index is 500. The summed E-state index contributed by atoms with van der Waals surface area (Å²) >= 11 is 0. The van der Waals surface area contributed by atoms with E-state index in [0.717, 1.165) is 24.9 Å². The number of hydrogen-bond donors (Lipinski definition) is 2. The van der Waals surface area contributed by atoms with Crippen LogP contribution in [0.15, 0.2) is 0 Å². The van der Waals surface area contributed by atoms with Crippen LogP contribution in [0.4, 0.5) is 0 Å². The molecule has 0 aromatic rings. The van der Waals surface area contributed by atoms with Crippen molar-refractivity contribution < 1.29 is 36.7 Å². The van der Waals surface area contributed by atoms with Crippen molar-refractivity contribution in [3.05, 3.63) is 0 Å². The first-order valence-corrected chi connectivity index (χ1v) is 13.1. The quantitative estimate of drug-likeness (QED) is 0.0982. The van der Waals surface area contributed by atoms with Crippen molar-refractivity contribution in [2.24, 2.45) is 0 Å². The molecule has 0 aliphatic carbocycles. The van der Waals surface area contributed by atoms with Crippen LogP contribution in [0.2, 0.25) is 0 Å². The van der Waals surface area contributed by atoms with Gasteiger partial charge in [-0.15, -0.1) is 0 Å². The molecule has 0 spiro atoms. The number of unbranched alkanes of at least 4 members (excludes halogenated alkanes) is 12. The summed E-state index contributed by atoms with van der Waals surface area (Å²) in [6.45, 7) is 4.87. The molecule has 8 nitrogen and oxygen atoms in total. The van der Waals surface area contributed by atoms with Gasteiger partial charge in [0.2, 0.25) is 16.6 Å². The Kier molecular flexibility index (Phi) is 23.5. The second kappa shape index (κ2) is 22.5. The van der Waals surface area contributed by atoms with E-state index in [0.29, 0.717) is 13.0 Å². The lowest BCUT2D eigenvalue weighted by Crippen LogP contribution is -3.13. The van der Waals surface area contributed by atoms with E-state index in [1.165, 1.54) is 70.6 Å². The molecule has 0 aromatic heterocycles. The SMILES string of the molecule is CCCCCCCCCCCCCCCC(=O)OC(C)[NH+](C)CCO.COS(=O)(=O)[O-]. The Morgan fingerprint density at radius 2 is 1.32 bits per heavy atom. The van der Waals surface area contributed by atoms with Crippen molar-refractivity contribution in [1.82, 2.24) is 0 Å². The third-order valence-electron chi connectivity index (χ3n) is 5.20. The number of ether oxygens (including phenoxy) is 1. The summed E-state index contributed by atoms with van der Waals surface area (Å²) in [5, 5.41) is 8.89. The highest BCUT2D eigenvalue weighted by Crippen LogP contribution is 2.13. The highest BCUT2D eigenvalue weighted by atomic mass is 32.3. The van der Waals surface area contributed by atoms with Crippen LogP contribution in [0.1, 0.15) is 104 Å². The van der Waals surface area contributed by atoms with E-state index in [1.807, 2.05) is 14.0 Å². The molecular formula is C22H47NO7S. The van der Waals surface area contributed by atoms with Crippen LogP contribution in [-0.4, -0.2) is 57.6 Å². The van der Waals surface area contributed by atoms with Gasteiger partial charge >= 0.3 is 5.97 Å². The number of rotatable bonds is 19. The van der Waals surface area contributed by atoms with Gasteiger partial charge in [0, 0.05) is 13.3 Å². The fourth-order valence-electron chi connectivity index (χ4n) is 3.02. The number of quaternary nitrogens is 1. The van der Waals surface area contributed by atoms with E-state index in [4.69, 9.17) is 9.84 Å². The molecular weight excluding hydrogens is 422 g/mol. The van der Waals surface area contributed by atoms with Gasteiger partial charge in [-0.3, -0.25) is 8.98 Å². The average Bonchev–Trinajstić information content (AvgIpc) is 2.71. The number of carbonyl (C=O) groups excluding carboxylic acids is 1. The zero-order valence-corrected chi connectivity index (χ0v) is 21.0. The number of aliphatic hydroxyl groups is 1. The summed E-state index contributed by atoms with van der Waals surface area (Å²) in [5.74, 6) is -0.104. The summed E-state index contributed by atoms with van der Waals surface area (Å²) in [5.41, 5.74) is 0. The summed E-state index contributed by atoms with van der Waals surface area (Å²) in [7, 11) is -1.67. The van der Waals surface area contributed by atoms with Crippen molar-refractivity contribution in [3.63, 3.8) is 0 Å². The maximum atomic E-state index is 11.8. The molecule has 0 aliphatic rings. The number of esters is 1. The Morgan fingerprint density at radius 3 is 1.68 bits per heavy atom. The van der Waals surface area contributed by atoms with Gasteiger partial charge in [-0.2, -0.15) is 0 Å². The normalized spacial score (nSPS) is 13.2. The second-order valence-electron chi connectivity index (χ2n) is 8.02. The van der Waals surface area contributed by atoms with E-state index >= 15 is 0 Å². The molecule has 0 aromatic carbocycles. The molecule has 188 valence electrons. The number of likely N-dealkylation sites (N-methyl/N-ethyl adjacent to an activating group) is 1. The van der Waals surface area contributed by atoms with Crippen molar-refractivity contribution in [1.29, 1.82) is 0 Å². The largest absolute Gasteiger partial charge is 0.726 e. The van der Waals surface area contributed by atoms with Crippen LogP contribution in [0.5, 0.6) is 0 Å². The number of aliphatic hydroxyl groups excluding tert-OH is 1. The van der Waals surface area contributed by atoms with Crippen molar-refractivity contribution in [2.75, 3.05) is 27.3 Å². The fraction of sp³-hybridized carbons (Fsp3) is 0.955. The Labute approximate surface area is 190 Å². The van der Waals surface area contributed by atoms with E-state index in [9.17, 15) is 17.8 Å².